The summed E-state index contributed by atoms with van der Waals surface area (Å²) in [6, 6.07) is 3.84. The van der Waals surface area contributed by atoms with Gasteiger partial charge in [-0.3, -0.25) is 4.90 Å². The van der Waals surface area contributed by atoms with Gasteiger partial charge in [0.1, 0.15) is 0 Å². The number of nitrogens with zero attached hydrogens (tertiary/aromatic N) is 1. The van der Waals surface area contributed by atoms with E-state index in [1.54, 1.807) is 7.11 Å². The zero-order chi connectivity index (χ0) is 13.9. The molecule has 1 aliphatic heterocycles. The Kier molecular flexibility index (Phi) is 4.34. The molecule has 5 heteroatoms. The molecule has 0 spiro atoms. The van der Waals surface area contributed by atoms with Crippen molar-refractivity contribution in [1.29, 1.82) is 0 Å². The maximum Gasteiger partial charge on any atom is 0.166 e. The number of nitrogens with one attached hydrogen (secondary N) is 1. The van der Waals surface area contributed by atoms with E-state index in [0.29, 0.717) is 11.1 Å². The van der Waals surface area contributed by atoms with Crippen LogP contribution in [-0.2, 0) is 6.54 Å². The van der Waals surface area contributed by atoms with E-state index in [9.17, 15) is 0 Å². The Hall–Kier alpha value is -0.970. The third kappa shape index (κ3) is 3.37. The third-order valence-corrected chi connectivity index (χ3v) is 3.95. The van der Waals surface area contributed by atoms with Gasteiger partial charge in [-0.25, -0.2) is 0 Å². The van der Waals surface area contributed by atoms with Crippen LogP contribution in [0, 0.1) is 0 Å². The molecule has 1 aromatic carbocycles. The molecular formula is C15H21ClN2O2. The highest BCUT2D eigenvalue weighted by atomic mass is 35.5. The van der Waals surface area contributed by atoms with Crippen molar-refractivity contribution in [3.05, 3.63) is 22.7 Å². The lowest BCUT2D eigenvalue weighted by molar-refractivity contribution is 0.223. The Balaban J connectivity index is 1.83. The number of hydrogen-bond donors (Lipinski definition) is 1. The van der Waals surface area contributed by atoms with Gasteiger partial charge in [0.15, 0.2) is 11.5 Å². The van der Waals surface area contributed by atoms with Gasteiger partial charge in [0, 0.05) is 49.4 Å². The number of hydrogen-bond acceptors (Lipinski definition) is 4. The molecule has 1 aromatic rings. The van der Waals surface area contributed by atoms with E-state index >= 15 is 0 Å². The molecule has 3 rings (SSSR count). The maximum absolute atomic E-state index is 6.20. The van der Waals surface area contributed by atoms with Crippen LogP contribution in [0.2, 0.25) is 5.02 Å². The Bertz CT molecular complexity index is 471. The van der Waals surface area contributed by atoms with Gasteiger partial charge >= 0.3 is 0 Å². The summed E-state index contributed by atoms with van der Waals surface area (Å²) >= 11 is 6.20. The molecule has 110 valence electrons. The molecule has 0 aromatic heterocycles. The Morgan fingerprint density at radius 1 is 1.30 bits per heavy atom. The molecule has 20 heavy (non-hydrogen) atoms. The first kappa shape index (κ1) is 14.0. The number of halogens is 1. The summed E-state index contributed by atoms with van der Waals surface area (Å²) < 4.78 is 11.5. The molecule has 0 bridgehead atoms. The smallest absolute Gasteiger partial charge is 0.166 e. The molecule has 0 radical (unpaired) electrons. The first-order valence-corrected chi connectivity index (χ1v) is 7.60. The van der Waals surface area contributed by atoms with Crippen LogP contribution in [0.1, 0.15) is 18.4 Å². The highest BCUT2D eigenvalue weighted by Crippen LogP contribution is 2.39. The highest BCUT2D eigenvalue weighted by molar-refractivity contribution is 6.30. The summed E-state index contributed by atoms with van der Waals surface area (Å²) in [5, 5.41) is 4.07. The minimum Gasteiger partial charge on any atom is -0.493 e. The number of piperazine rings is 1. The summed E-state index contributed by atoms with van der Waals surface area (Å²) in [5.41, 5.74) is 1.13. The van der Waals surface area contributed by atoms with Crippen molar-refractivity contribution in [2.24, 2.45) is 0 Å². The molecule has 2 fully saturated rings. The topological polar surface area (TPSA) is 33.7 Å². The number of rotatable bonds is 5. The summed E-state index contributed by atoms with van der Waals surface area (Å²) in [5.74, 6) is 1.62. The molecule has 0 unspecified atom stereocenters. The van der Waals surface area contributed by atoms with E-state index in [-0.39, 0.29) is 0 Å². The van der Waals surface area contributed by atoms with Crippen molar-refractivity contribution in [3.63, 3.8) is 0 Å². The number of benzene rings is 1. The van der Waals surface area contributed by atoms with Crippen LogP contribution < -0.4 is 14.8 Å². The normalized spacial score (nSPS) is 19.9. The SMILES string of the molecule is COc1cc(Cl)cc(CN2CCNCC2)c1OC1CC1. The van der Waals surface area contributed by atoms with Crippen LogP contribution in [0.3, 0.4) is 0 Å². The third-order valence-electron chi connectivity index (χ3n) is 3.73. The molecule has 1 heterocycles. The standard InChI is InChI=1S/C15H21ClN2O2/c1-19-14-9-12(16)8-11(15(14)20-13-2-3-13)10-18-6-4-17-5-7-18/h8-9,13,17H,2-7,10H2,1H3. The van der Waals surface area contributed by atoms with E-state index in [2.05, 4.69) is 10.2 Å². The van der Waals surface area contributed by atoms with Crippen molar-refractivity contribution in [1.82, 2.24) is 10.2 Å². The van der Waals surface area contributed by atoms with Gasteiger partial charge in [0.2, 0.25) is 0 Å². The fourth-order valence-electron chi connectivity index (χ4n) is 2.49. The minimum atomic E-state index is 0.354. The Labute approximate surface area is 125 Å². The van der Waals surface area contributed by atoms with Crippen molar-refractivity contribution in [2.45, 2.75) is 25.5 Å². The Morgan fingerprint density at radius 2 is 2.05 bits per heavy atom. The van der Waals surface area contributed by atoms with E-state index in [4.69, 9.17) is 21.1 Å². The van der Waals surface area contributed by atoms with Gasteiger partial charge in [-0.1, -0.05) is 11.6 Å². The van der Waals surface area contributed by atoms with E-state index in [0.717, 1.165) is 62.6 Å². The fraction of sp³-hybridized carbons (Fsp3) is 0.600. The van der Waals surface area contributed by atoms with Crippen LogP contribution in [0.5, 0.6) is 11.5 Å². The molecule has 1 saturated heterocycles. The van der Waals surface area contributed by atoms with Crippen molar-refractivity contribution in [2.75, 3.05) is 33.3 Å². The first-order chi connectivity index (χ1) is 9.76. The van der Waals surface area contributed by atoms with Crippen molar-refractivity contribution < 1.29 is 9.47 Å². The van der Waals surface area contributed by atoms with Crippen LogP contribution in [0.4, 0.5) is 0 Å². The van der Waals surface area contributed by atoms with Gasteiger partial charge in [-0.15, -0.1) is 0 Å². The molecule has 4 nitrogen and oxygen atoms in total. The van der Waals surface area contributed by atoms with Crippen LogP contribution in [-0.4, -0.2) is 44.3 Å². The summed E-state index contributed by atoms with van der Waals surface area (Å²) in [6.07, 6.45) is 2.63. The molecule has 1 N–H and O–H groups in total. The number of ether oxygens (including phenoxy) is 2. The van der Waals surface area contributed by atoms with Crippen molar-refractivity contribution in [3.8, 4) is 11.5 Å². The highest BCUT2D eigenvalue weighted by Gasteiger charge is 2.27. The molecule has 1 aliphatic carbocycles. The van der Waals surface area contributed by atoms with Crippen LogP contribution >= 0.6 is 11.6 Å². The van der Waals surface area contributed by atoms with E-state index in [1.807, 2.05) is 12.1 Å². The Morgan fingerprint density at radius 3 is 2.70 bits per heavy atom. The maximum atomic E-state index is 6.20. The first-order valence-electron chi connectivity index (χ1n) is 7.22. The molecule has 2 aliphatic rings. The second-order valence-corrected chi connectivity index (χ2v) is 5.88. The second-order valence-electron chi connectivity index (χ2n) is 5.44. The average Bonchev–Trinajstić information content (AvgIpc) is 3.26. The summed E-state index contributed by atoms with van der Waals surface area (Å²) in [6.45, 7) is 5.04. The number of methoxy groups -OCH3 is 1. The lowest BCUT2D eigenvalue weighted by Crippen LogP contribution is -2.42. The van der Waals surface area contributed by atoms with Gasteiger partial charge in [0.05, 0.1) is 13.2 Å². The van der Waals surface area contributed by atoms with Gasteiger partial charge in [0.25, 0.3) is 0 Å². The van der Waals surface area contributed by atoms with E-state index < -0.39 is 0 Å². The lowest BCUT2D eigenvalue weighted by Gasteiger charge is -2.28. The van der Waals surface area contributed by atoms with Gasteiger partial charge in [-0.05, 0) is 18.9 Å². The monoisotopic (exact) mass is 296 g/mol. The predicted octanol–water partition coefficient (Wildman–Crippen LogP) is 2.29. The molecular weight excluding hydrogens is 276 g/mol. The van der Waals surface area contributed by atoms with Gasteiger partial charge < -0.3 is 14.8 Å². The van der Waals surface area contributed by atoms with Crippen LogP contribution in [0.25, 0.3) is 0 Å². The predicted molar refractivity (Wildman–Crippen MR) is 79.8 cm³/mol. The zero-order valence-corrected chi connectivity index (χ0v) is 12.6. The minimum absolute atomic E-state index is 0.354. The fourth-order valence-corrected chi connectivity index (χ4v) is 2.72. The average molecular weight is 297 g/mol. The molecule has 0 atom stereocenters. The second kappa shape index (κ2) is 6.20. The van der Waals surface area contributed by atoms with Crippen molar-refractivity contribution >= 4 is 11.6 Å². The molecule has 0 amide bonds. The van der Waals surface area contributed by atoms with Crippen LogP contribution in [0.15, 0.2) is 12.1 Å². The molecule has 1 saturated carbocycles. The quantitative estimate of drug-likeness (QED) is 0.904. The lowest BCUT2D eigenvalue weighted by atomic mass is 10.1. The van der Waals surface area contributed by atoms with Gasteiger partial charge in [-0.2, -0.15) is 0 Å². The summed E-state index contributed by atoms with van der Waals surface area (Å²) in [7, 11) is 1.67. The largest absolute Gasteiger partial charge is 0.493 e. The summed E-state index contributed by atoms with van der Waals surface area (Å²) in [4.78, 5) is 2.42. The zero-order valence-electron chi connectivity index (χ0n) is 11.8. The van der Waals surface area contributed by atoms with E-state index in [1.165, 1.54) is 0 Å².